The Bertz CT molecular complexity index is 2170. The molecule has 0 fully saturated rings. The van der Waals surface area contributed by atoms with E-state index in [1.54, 1.807) is 76.4 Å². The quantitative estimate of drug-likeness (QED) is 0.0431. The van der Waals surface area contributed by atoms with E-state index in [2.05, 4.69) is 51.8 Å². The van der Waals surface area contributed by atoms with Crippen molar-refractivity contribution >= 4 is 41.4 Å². The van der Waals surface area contributed by atoms with Crippen LogP contribution in [-0.4, -0.2) is 109 Å². The van der Waals surface area contributed by atoms with E-state index in [1.807, 2.05) is 32.0 Å². The molecule has 19 nitrogen and oxygen atoms in total. The van der Waals surface area contributed by atoms with Gasteiger partial charge in [-0.3, -0.25) is 28.8 Å². The molecule has 0 saturated heterocycles. The van der Waals surface area contributed by atoms with Crippen molar-refractivity contribution in [2.45, 2.75) is 122 Å². The topological polar surface area (TPSA) is 295 Å². The Hall–Kier alpha value is -6.89. The summed E-state index contributed by atoms with van der Waals surface area (Å²) in [5.74, 6) is -6.65. The summed E-state index contributed by atoms with van der Waals surface area (Å²) in [5, 5.41) is 26.5. The molecule has 0 aliphatic heterocycles. The van der Waals surface area contributed by atoms with E-state index in [0.29, 0.717) is 29.8 Å². The molecule has 0 radical (unpaired) electrons. The zero-order valence-corrected chi connectivity index (χ0v) is 38.4. The predicted molar refractivity (Wildman–Crippen MR) is 246 cm³/mol. The monoisotopic (exact) mass is 912 g/mol. The number of rotatable bonds is 26. The van der Waals surface area contributed by atoms with Crippen LogP contribution in [0, 0.1) is 17.8 Å². The largest absolute Gasteiger partial charge is 0.480 e. The molecule has 19 heteroatoms. The number of carbonyl (C=O) groups is 7. The molecule has 4 aromatic rings. The van der Waals surface area contributed by atoms with E-state index in [4.69, 9.17) is 5.73 Å². The van der Waals surface area contributed by atoms with Gasteiger partial charge >= 0.3 is 5.97 Å². The fraction of sp³-hybridized carbons (Fsp3) is 0.468. The average molecular weight is 912 g/mol. The van der Waals surface area contributed by atoms with Crippen molar-refractivity contribution in [3.8, 4) is 0 Å². The summed E-state index contributed by atoms with van der Waals surface area (Å²) >= 11 is 0. The number of benzene rings is 2. The van der Waals surface area contributed by atoms with Gasteiger partial charge in [0.05, 0.1) is 18.7 Å². The standard InChI is InChI=1S/C47H65N11O8/c1-7-28(5)39(45(63)54-35(19-30-15-11-9-12-16-30)42(60)55-37(47(65)66)22-33-24-50-26-52-33)58-44(62)38(27(3)4)56-46(64)40(29(6)8-2)57-43(61)36(20-31-17-13-10-14-18-31)53-41(59)34(48)21-32-23-49-25-51-32/h9-18,23-29,34-40H,7-8,19-22,48H2,1-6H3,(H,49,51)(H,50,52)(H,53,59)(H,54,63)(H,55,60)(H,56,64)(H,57,61)(H,58,62)(H,65,66)/t28-,29-,34-,35-,36-,37-,38-,39-,40-/m0/s1. The molecule has 0 aliphatic rings. The Balaban J connectivity index is 1.52. The summed E-state index contributed by atoms with van der Waals surface area (Å²) in [6, 6.07) is 9.72. The van der Waals surface area contributed by atoms with Gasteiger partial charge in [-0.15, -0.1) is 0 Å². The summed E-state index contributed by atoms with van der Waals surface area (Å²) in [4.78, 5) is 110. The van der Waals surface area contributed by atoms with Gasteiger partial charge in [-0.05, 0) is 28.9 Å². The van der Waals surface area contributed by atoms with Crippen LogP contribution in [0.3, 0.4) is 0 Å². The molecule has 2 heterocycles. The average Bonchev–Trinajstić information content (AvgIpc) is 4.03. The van der Waals surface area contributed by atoms with Crippen LogP contribution in [0.4, 0.5) is 0 Å². The number of H-pyrrole nitrogens is 2. The minimum absolute atomic E-state index is 0.0112. The third kappa shape index (κ3) is 15.7. The molecule has 66 heavy (non-hydrogen) atoms. The maximum absolute atomic E-state index is 14.2. The van der Waals surface area contributed by atoms with Crippen molar-refractivity contribution in [3.05, 3.63) is 108 Å². The normalized spacial score (nSPS) is 15.3. The highest BCUT2D eigenvalue weighted by Gasteiger charge is 2.37. The molecule has 2 aromatic heterocycles. The fourth-order valence-corrected chi connectivity index (χ4v) is 7.15. The molecule has 0 saturated carbocycles. The molecular weight excluding hydrogens is 847 g/mol. The van der Waals surface area contributed by atoms with Crippen LogP contribution in [-0.2, 0) is 59.2 Å². The van der Waals surface area contributed by atoms with E-state index in [1.165, 1.54) is 18.9 Å². The van der Waals surface area contributed by atoms with Gasteiger partial charge in [0, 0.05) is 49.5 Å². The molecule has 4 rings (SSSR count). The summed E-state index contributed by atoms with van der Waals surface area (Å²) in [6.07, 6.45) is 6.93. The van der Waals surface area contributed by atoms with E-state index in [-0.39, 0.29) is 25.7 Å². The number of aromatic amines is 2. The number of hydrogen-bond acceptors (Lipinski definition) is 10. The second-order valence-corrected chi connectivity index (χ2v) is 17.0. The summed E-state index contributed by atoms with van der Waals surface area (Å²) in [7, 11) is 0. The van der Waals surface area contributed by atoms with E-state index >= 15 is 0 Å². The summed E-state index contributed by atoms with van der Waals surface area (Å²) in [5.41, 5.74) is 8.78. The van der Waals surface area contributed by atoms with Gasteiger partial charge in [-0.25, -0.2) is 14.8 Å². The number of aromatic nitrogens is 4. The fourth-order valence-electron chi connectivity index (χ4n) is 7.15. The number of amides is 6. The lowest BCUT2D eigenvalue weighted by atomic mass is 9.94. The molecule has 2 aromatic carbocycles. The third-order valence-electron chi connectivity index (χ3n) is 11.6. The van der Waals surface area contributed by atoms with Crippen molar-refractivity contribution in [1.29, 1.82) is 0 Å². The second kappa shape index (κ2) is 25.6. The van der Waals surface area contributed by atoms with Crippen LogP contribution in [0.2, 0.25) is 0 Å². The Morgan fingerprint density at radius 2 is 0.924 bits per heavy atom. The van der Waals surface area contributed by atoms with Crippen LogP contribution in [0.25, 0.3) is 0 Å². The van der Waals surface area contributed by atoms with Gasteiger partial charge < -0.3 is 52.7 Å². The zero-order valence-electron chi connectivity index (χ0n) is 38.4. The van der Waals surface area contributed by atoms with Gasteiger partial charge in [0.2, 0.25) is 35.4 Å². The lowest BCUT2D eigenvalue weighted by molar-refractivity contribution is -0.142. The number of nitrogens with zero attached hydrogens (tertiary/aromatic N) is 2. The van der Waals surface area contributed by atoms with Crippen LogP contribution in [0.15, 0.2) is 85.7 Å². The number of nitrogens with two attached hydrogens (primary N) is 1. The van der Waals surface area contributed by atoms with Gasteiger partial charge in [0.1, 0.15) is 36.3 Å². The Morgan fingerprint density at radius 3 is 1.36 bits per heavy atom. The van der Waals surface area contributed by atoms with E-state index < -0.39 is 101 Å². The minimum Gasteiger partial charge on any atom is -0.480 e. The van der Waals surface area contributed by atoms with Crippen LogP contribution in [0.5, 0.6) is 0 Å². The van der Waals surface area contributed by atoms with Crippen molar-refractivity contribution in [1.82, 2.24) is 51.8 Å². The number of carbonyl (C=O) groups excluding carboxylic acids is 6. The van der Waals surface area contributed by atoms with Gasteiger partial charge in [-0.2, -0.15) is 0 Å². The van der Waals surface area contributed by atoms with Gasteiger partial charge in [0.15, 0.2) is 0 Å². The molecule has 0 bridgehead atoms. The number of carboxylic acids is 1. The zero-order chi connectivity index (χ0) is 48.3. The maximum Gasteiger partial charge on any atom is 0.326 e. The van der Waals surface area contributed by atoms with Crippen molar-refractivity contribution in [2.24, 2.45) is 23.5 Å². The second-order valence-electron chi connectivity index (χ2n) is 17.0. The third-order valence-corrected chi connectivity index (χ3v) is 11.6. The number of nitrogens with one attached hydrogen (secondary N) is 8. The van der Waals surface area contributed by atoms with Gasteiger partial charge in [0.25, 0.3) is 0 Å². The predicted octanol–water partition coefficient (Wildman–Crippen LogP) is 1.47. The summed E-state index contributed by atoms with van der Waals surface area (Å²) < 4.78 is 0. The smallest absolute Gasteiger partial charge is 0.326 e. The molecule has 0 unspecified atom stereocenters. The molecular formula is C47H65N11O8. The Labute approximate surface area is 385 Å². The first-order valence-corrected chi connectivity index (χ1v) is 22.3. The number of imidazole rings is 2. The first-order valence-electron chi connectivity index (χ1n) is 22.3. The van der Waals surface area contributed by atoms with Crippen LogP contribution < -0.4 is 37.6 Å². The molecule has 0 aliphatic carbocycles. The minimum atomic E-state index is -1.34. The molecule has 356 valence electrons. The van der Waals surface area contributed by atoms with Crippen molar-refractivity contribution in [3.63, 3.8) is 0 Å². The Morgan fingerprint density at radius 1 is 0.530 bits per heavy atom. The maximum atomic E-state index is 14.2. The molecule has 9 atom stereocenters. The van der Waals surface area contributed by atoms with Crippen molar-refractivity contribution < 1.29 is 38.7 Å². The van der Waals surface area contributed by atoms with Gasteiger partial charge in [-0.1, -0.05) is 115 Å². The number of hydrogen-bond donors (Lipinski definition) is 10. The highest BCUT2D eigenvalue weighted by Crippen LogP contribution is 2.15. The molecule has 0 spiro atoms. The van der Waals surface area contributed by atoms with Crippen LogP contribution in [0.1, 0.15) is 76.9 Å². The SMILES string of the molecule is CC[C@H](C)[C@H](NC(=O)[C@H](Cc1ccccc1)NC(=O)[C@@H](N)Cc1cnc[nH]1)C(=O)N[C@H](C(=O)N[C@H](C(=O)N[C@@H](Cc1ccccc1)C(=O)N[C@@H](Cc1cnc[nH]1)C(=O)O)[C@@H](C)CC)C(C)C. The Kier molecular flexibility index (Phi) is 20.0. The lowest BCUT2D eigenvalue weighted by Gasteiger charge is -2.31. The highest BCUT2D eigenvalue weighted by molar-refractivity contribution is 5.97. The summed E-state index contributed by atoms with van der Waals surface area (Å²) in [6.45, 7) is 10.7. The number of aliphatic carboxylic acids is 1. The number of carboxylic acid groups (broad SMARTS) is 1. The lowest BCUT2D eigenvalue weighted by Crippen LogP contribution is -2.62. The molecule has 11 N–H and O–H groups in total. The van der Waals surface area contributed by atoms with Crippen LogP contribution >= 0.6 is 0 Å². The van der Waals surface area contributed by atoms with Crippen molar-refractivity contribution in [2.75, 3.05) is 0 Å². The first-order chi connectivity index (χ1) is 31.5. The molecule has 6 amide bonds. The highest BCUT2D eigenvalue weighted by atomic mass is 16.4. The first kappa shape index (κ1) is 51.7. The van der Waals surface area contributed by atoms with E-state index in [0.717, 1.165) is 5.56 Å². The van der Waals surface area contributed by atoms with E-state index in [9.17, 15) is 38.7 Å².